The van der Waals surface area contributed by atoms with Gasteiger partial charge in [0.05, 0.1) is 10.6 Å². The Bertz CT molecular complexity index is 1700. The molecule has 4 rings (SSSR count). The second kappa shape index (κ2) is 15.4. The molecule has 0 saturated heterocycles. The van der Waals surface area contributed by atoms with Crippen LogP contribution in [0.1, 0.15) is 25.0 Å². The summed E-state index contributed by atoms with van der Waals surface area (Å²) in [7, 11) is -4.30. The number of halogens is 3. The van der Waals surface area contributed by atoms with Gasteiger partial charge in [0, 0.05) is 29.6 Å². The number of anilines is 1. The van der Waals surface area contributed by atoms with Crippen LogP contribution in [0.25, 0.3) is 0 Å². The number of amides is 2. The Morgan fingerprint density at radius 1 is 0.822 bits per heavy atom. The topological polar surface area (TPSA) is 86.8 Å². The van der Waals surface area contributed by atoms with Crippen molar-refractivity contribution in [2.75, 3.05) is 17.4 Å². The maximum Gasteiger partial charge on any atom is 0.264 e. The molecule has 4 aromatic carbocycles. The highest BCUT2D eigenvalue weighted by Crippen LogP contribution is 2.28. The standard InChI is InChI=1S/C34H34Cl2FN3O4S/c1-24(2)21-38-34(42)32(19-25-7-4-3-5-8-25)39(22-26-11-15-29(37)16-12-26)33(41)23-40(30-10-6-9-28(36)20-30)45(43,44)31-17-13-27(35)14-18-31/h3-18,20,24,32H,19,21-23H2,1-2H3,(H,38,42)/t32-/m1/s1. The van der Waals surface area contributed by atoms with Crippen LogP contribution in [0, 0.1) is 11.7 Å². The minimum atomic E-state index is -4.30. The zero-order chi connectivity index (χ0) is 32.6. The Morgan fingerprint density at radius 2 is 1.49 bits per heavy atom. The predicted molar refractivity (Wildman–Crippen MR) is 176 cm³/mol. The highest BCUT2D eigenvalue weighted by atomic mass is 35.5. The van der Waals surface area contributed by atoms with Gasteiger partial charge in [-0.2, -0.15) is 0 Å². The van der Waals surface area contributed by atoms with E-state index in [1.54, 1.807) is 12.1 Å². The summed E-state index contributed by atoms with van der Waals surface area (Å²) in [6.07, 6.45) is 0.165. The van der Waals surface area contributed by atoms with Gasteiger partial charge < -0.3 is 10.2 Å². The van der Waals surface area contributed by atoms with Crippen molar-refractivity contribution in [3.63, 3.8) is 0 Å². The maximum absolute atomic E-state index is 14.4. The highest BCUT2D eigenvalue weighted by Gasteiger charge is 2.34. The molecule has 0 unspecified atom stereocenters. The molecule has 11 heteroatoms. The van der Waals surface area contributed by atoms with E-state index in [0.29, 0.717) is 17.1 Å². The van der Waals surface area contributed by atoms with Crippen LogP contribution in [0.15, 0.2) is 108 Å². The molecule has 0 aliphatic carbocycles. The SMILES string of the molecule is CC(C)CNC(=O)[C@@H](Cc1ccccc1)N(Cc1ccc(F)cc1)C(=O)CN(c1cccc(Cl)c1)S(=O)(=O)c1ccc(Cl)cc1. The average molecular weight is 671 g/mol. The minimum Gasteiger partial charge on any atom is -0.354 e. The molecule has 0 aromatic heterocycles. The van der Waals surface area contributed by atoms with Crippen molar-refractivity contribution < 1.29 is 22.4 Å². The van der Waals surface area contributed by atoms with Crippen LogP contribution >= 0.6 is 23.2 Å². The second-order valence-corrected chi connectivity index (χ2v) is 13.7. The third-order valence-electron chi connectivity index (χ3n) is 7.00. The molecule has 0 fully saturated rings. The van der Waals surface area contributed by atoms with E-state index >= 15 is 0 Å². The van der Waals surface area contributed by atoms with Crippen molar-refractivity contribution in [3.8, 4) is 0 Å². The summed E-state index contributed by atoms with van der Waals surface area (Å²) < 4.78 is 42.8. The van der Waals surface area contributed by atoms with Gasteiger partial charge in [-0.25, -0.2) is 12.8 Å². The number of nitrogens with zero attached hydrogens (tertiary/aromatic N) is 2. The fraction of sp³-hybridized carbons (Fsp3) is 0.235. The molecular formula is C34H34Cl2FN3O4S. The van der Waals surface area contributed by atoms with Gasteiger partial charge in [-0.3, -0.25) is 13.9 Å². The van der Waals surface area contributed by atoms with Crippen molar-refractivity contribution in [2.45, 2.75) is 37.8 Å². The van der Waals surface area contributed by atoms with Gasteiger partial charge in [-0.1, -0.05) is 85.6 Å². The number of nitrogens with one attached hydrogen (secondary N) is 1. The largest absolute Gasteiger partial charge is 0.354 e. The van der Waals surface area contributed by atoms with Crippen molar-refractivity contribution in [3.05, 3.63) is 130 Å². The first kappa shape index (κ1) is 34.0. The van der Waals surface area contributed by atoms with E-state index in [-0.39, 0.29) is 34.5 Å². The minimum absolute atomic E-state index is 0.0733. The Balaban J connectivity index is 1.79. The summed E-state index contributed by atoms with van der Waals surface area (Å²) in [5.41, 5.74) is 1.53. The summed E-state index contributed by atoms with van der Waals surface area (Å²) in [6.45, 7) is 3.57. The average Bonchev–Trinajstić information content (AvgIpc) is 3.01. The first-order chi connectivity index (χ1) is 21.4. The lowest BCUT2D eigenvalue weighted by Gasteiger charge is -2.34. The zero-order valence-corrected chi connectivity index (χ0v) is 27.2. The molecule has 236 valence electrons. The number of benzene rings is 4. The first-order valence-electron chi connectivity index (χ1n) is 14.3. The first-order valence-corrected chi connectivity index (χ1v) is 16.5. The van der Waals surface area contributed by atoms with Crippen LogP contribution in [-0.4, -0.2) is 44.3 Å². The van der Waals surface area contributed by atoms with E-state index in [9.17, 15) is 22.4 Å². The molecule has 0 aliphatic rings. The molecule has 0 aliphatic heterocycles. The molecule has 1 atom stereocenters. The van der Waals surface area contributed by atoms with E-state index in [0.717, 1.165) is 9.87 Å². The van der Waals surface area contributed by atoms with Gasteiger partial charge in [0.2, 0.25) is 11.8 Å². The van der Waals surface area contributed by atoms with Gasteiger partial charge in [0.25, 0.3) is 10.0 Å². The molecule has 1 N–H and O–H groups in total. The number of hydrogen-bond donors (Lipinski definition) is 1. The fourth-order valence-corrected chi connectivity index (χ4v) is 6.37. The van der Waals surface area contributed by atoms with Crippen LogP contribution < -0.4 is 9.62 Å². The predicted octanol–water partition coefficient (Wildman–Crippen LogP) is 6.74. The molecule has 0 bridgehead atoms. The summed E-state index contributed by atoms with van der Waals surface area (Å²) in [4.78, 5) is 29.4. The lowest BCUT2D eigenvalue weighted by Crippen LogP contribution is -2.53. The number of hydrogen-bond acceptors (Lipinski definition) is 4. The lowest BCUT2D eigenvalue weighted by atomic mass is 10.0. The molecule has 7 nitrogen and oxygen atoms in total. The third kappa shape index (κ3) is 9.29. The van der Waals surface area contributed by atoms with Gasteiger partial charge in [0.15, 0.2) is 0 Å². The van der Waals surface area contributed by atoms with E-state index in [4.69, 9.17) is 23.2 Å². The molecule has 45 heavy (non-hydrogen) atoms. The Labute approximate surface area is 273 Å². The Kier molecular flexibility index (Phi) is 11.6. The monoisotopic (exact) mass is 669 g/mol. The number of rotatable bonds is 13. The number of sulfonamides is 1. The molecule has 0 saturated carbocycles. The third-order valence-corrected chi connectivity index (χ3v) is 9.27. The van der Waals surface area contributed by atoms with Gasteiger partial charge in [-0.15, -0.1) is 0 Å². The second-order valence-electron chi connectivity index (χ2n) is 10.9. The summed E-state index contributed by atoms with van der Waals surface area (Å²) in [5, 5.41) is 3.55. The molecule has 2 amide bonds. The van der Waals surface area contributed by atoms with E-state index in [2.05, 4.69) is 5.32 Å². The molecule has 0 spiro atoms. The quantitative estimate of drug-likeness (QED) is 0.171. The van der Waals surface area contributed by atoms with Gasteiger partial charge in [-0.05, 0) is 71.6 Å². The lowest BCUT2D eigenvalue weighted by molar-refractivity contribution is -0.140. The van der Waals surface area contributed by atoms with Crippen LogP contribution in [0.4, 0.5) is 10.1 Å². The van der Waals surface area contributed by atoms with E-state index < -0.39 is 40.2 Å². The Hall–Kier alpha value is -3.92. The van der Waals surface area contributed by atoms with Crippen LogP contribution in [0.5, 0.6) is 0 Å². The highest BCUT2D eigenvalue weighted by molar-refractivity contribution is 7.92. The van der Waals surface area contributed by atoms with Gasteiger partial charge in [0.1, 0.15) is 18.4 Å². The molecule has 0 heterocycles. The fourth-order valence-electron chi connectivity index (χ4n) is 4.66. The Morgan fingerprint density at radius 3 is 2.11 bits per heavy atom. The smallest absolute Gasteiger partial charge is 0.264 e. The van der Waals surface area contributed by atoms with Crippen LogP contribution in [0.2, 0.25) is 10.0 Å². The van der Waals surface area contributed by atoms with Crippen LogP contribution in [0.3, 0.4) is 0 Å². The van der Waals surface area contributed by atoms with Crippen molar-refractivity contribution in [2.24, 2.45) is 5.92 Å². The molecule has 4 aromatic rings. The van der Waals surface area contributed by atoms with Gasteiger partial charge >= 0.3 is 0 Å². The summed E-state index contributed by atoms with van der Waals surface area (Å²) >= 11 is 12.3. The zero-order valence-electron chi connectivity index (χ0n) is 24.9. The maximum atomic E-state index is 14.4. The number of carbonyl (C=O) groups is 2. The molecule has 0 radical (unpaired) electrons. The van der Waals surface area contributed by atoms with Crippen molar-refractivity contribution in [1.29, 1.82) is 0 Å². The van der Waals surface area contributed by atoms with E-state index in [1.807, 2.05) is 44.2 Å². The molecular weight excluding hydrogens is 636 g/mol. The van der Waals surface area contributed by atoms with Crippen LogP contribution in [-0.2, 0) is 32.6 Å². The van der Waals surface area contributed by atoms with Crippen molar-refractivity contribution in [1.82, 2.24) is 10.2 Å². The normalized spacial score (nSPS) is 12.0. The van der Waals surface area contributed by atoms with Crippen molar-refractivity contribution >= 4 is 50.7 Å². The number of carbonyl (C=O) groups excluding carboxylic acids is 2. The summed E-state index contributed by atoms with van der Waals surface area (Å²) in [6, 6.07) is 25.6. The van der Waals surface area contributed by atoms with E-state index in [1.165, 1.54) is 65.6 Å². The summed E-state index contributed by atoms with van der Waals surface area (Å²) in [5.74, 6) is -1.33.